The molecular weight excluding hydrogens is 244 g/mol. The number of carbonyl (C=O) groups excluding carboxylic acids is 1. The van der Waals surface area contributed by atoms with Crippen LogP contribution in [0.25, 0.3) is 0 Å². The van der Waals surface area contributed by atoms with E-state index in [-0.39, 0.29) is 25.1 Å². The van der Waals surface area contributed by atoms with E-state index in [4.69, 9.17) is 0 Å². The van der Waals surface area contributed by atoms with Crippen LogP contribution in [0.4, 0.5) is 0 Å². The highest BCUT2D eigenvalue weighted by Crippen LogP contribution is 2.02. The van der Waals surface area contributed by atoms with Gasteiger partial charge in [-0.2, -0.15) is 5.10 Å². The second-order valence-corrected chi connectivity index (χ2v) is 4.23. The van der Waals surface area contributed by atoms with E-state index in [0.717, 1.165) is 5.56 Å². The number of aliphatic hydroxyl groups excluding tert-OH is 1. The number of rotatable bonds is 6. The van der Waals surface area contributed by atoms with Gasteiger partial charge in [-0.15, -0.1) is 0 Å². The Hall–Kier alpha value is -2.21. The van der Waals surface area contributed by atoms with Gasteiger partial charge in [-0.25, -0.2) is 9.67 Å². The van der Waals surface area contributed by atoms with Crippen LogP contribution in [0, 0.1) is 0 Å². The summed E-state index contributed by atoms with van der Waals surface area (Å²) in [5, 5.41) is 15.9. The summed E-state index contributed by atoms with van der Waals surface area (Å²) in [6, 6.07) is 9.43. The number of hydrogen-bond acceptors (Lipinski definition) is 4. The van der Waals surface area contributed by atoms with Gasteiger partial charge in [0.1, 0.15) is 19.2 Å². The highest BCUT2D eigenvalue weighted by molar-refractivity contribution is 5.75. The highest BCUT2D eigenvalue weighted by Gasteiger charge is 2.12. The lowest BCUT2D eigenvalue weighted by atomic mass is 10.1. The summed E-state index contributed by atoms with van der Waals surface area (Å²) in [6.07, 6.45) is 3.45. The summed E-state index contributed by atoms with van der Waals surface area (Å²) in [7, 11) is 0. The van der Waals surface area contributed by atoms with Gasteiger partial charge in [-0.05, 0) is 12.0 Å². The molecule has 1 aromatic carbocycles. The summed E-state index contributed by atoms with van der Waals surface area (Å²) in [5.41, 5.74) is 1.07. The monoisotopic (exact) mass is 260 g/mol. The first-order valence-electron chi connectivity index (χ1n) is 6.04. The van der Waals surface area contributed by atoms with Crippen LogP contribution >= 0.6 is 0 Å². The van der Waals surface area contributed by atoms with E-state index < -0.39 is 0 Å². The predicted octanol–water partition coefficient (Wildman–Crippen LogP) is -0.00210. The van der Waals surface area contributed by atoms with E-state index in [1.165, 1.54) is 17.3 Å². The number of carbonyl (C=O) groups is 1. The molecule has 1 atom stereocenters. The molecule has 2 N–H and O–H groups in total. The first kappa shape index (κ1) is 13.2. The van der Waals surface area contributed by atoms with E-state index in [1.54, 1.807) is 0 Å². The number of aromatic nitrogens is 3. The highest BCUT2D eigenvalue weighted by atomic mass is 16.3. The summed E-state index contributed by atoms with van der Waals surface area (Å²) < 4.78 is 1.44. The molecule has 0 aliphatic heterocycles. The summed E-state index contributed by atoms with van der Waals surface area (Å²) in [6.45, 7) is 0.00326. The lowest BCUT2D eigenvalue weighted by molar-refractivity contribution is -0.122. The molecule has 0 radical (unpaired) electrons. The maximum absolute atomic E-state index is 11.8. The van der Waals surface area contributed by atoms with Gasteiger partial charge in [0.15, 0.2) is 0 Å². The zero-order valence-corrected chi connectivity index (χ0v) is 10.4. The van der Waals surface area contributed by atoms with Gasteiger partial charge in [0.2, 0.25) is 5.91 Å². The average Bonchev–Trinajstić information content (AvgIpc) is 2.92. The van der Waals surface area contributed by atoms with Crippen LogP contribution in [0.15, 0.2) is 43.0 Å². The second-order valence-electron chi connectivity index (χ2n) is 4.23. The molecule has 2 aromatic rings. The van der Waals surface area contributed by atoms with Crippen molar-refractivity contribution in [2.75, 3.05) is 6.61 Å². The van der Waals surface area contributed by atoms with Crippen LogP contribution in [0.1, 0.15) is 5.56 Å². The molecule has 0 saturated heterocycles. The Labute approximate surface area is 111 Å². The summed E-state index contributed by atoms with van der Waals surface area (Å²) >= 11 is 0. The van der Waals surface area contributed by atoms with Gasteiger partial charge in [0.05, 0.1) is 12.6 Å². The van der Waals surface area contributed by atoms with Gasteiger partial charge in [0, 0.05) is 0 Å². The maximum atomic E-state index is 11.8. The molecule has 1 unspecified atom stereocenters. The first-order valence-corrected chi connectivity index (χ1v) is 6.04. The van der Waals surface area contributed by atoms with E-state index in [0.29, 0.717) is 6.42 Å². The van der Waals surface area contributed by atoms with Crippen molar-refractivity contribution in [1.82, 2.24) is 20.1 Å². The lowest BCUT2D eigenvalue weighted by Gasteiger charge is -2.16. The lowest BCUT2D eigenvalue weighted by Crippen LogP contribution is -2.40. The number of amides is 1. The molecule has 19 heavy (non-hydrogen) atoms. The fraction of sp³-hybridized carbons (Fsp3) is 0.308. The smallest absolute Gasteiger partial charge is 0.242 e. The minimum Gasteiger partial charge on any atom is -0.394 e. The standard InChI is InChI=1S/C13H16N4O2/c18-8-12(6-11-4-2-1-3-5-11)16-13(19)7-17-10-14-9-15-17/h1-5,9-10,12,18H,6-8H2,(H,16,19). The van der Waals surface area contributed by atoms with Gasteiger partial charge in [-0.3, -0.25) is 4.79 Å². The quantitative estimate of drug-likeness (QED) is 0.766. The van der Waals surface area contributed by atoms with Crippen LogP contribution in [-0.2, 0) is 17.8 Å². The molecule has 0 aliphatic rings. The zero-order valence-electron chi connectivity index (χ0n) is 10.4. The number of nitrogens with one attached hydrogen (secondary N) is 1. The number of hydrogen-bond donors (Lipinski definition) is 2. The minimum absolute atomic E-state index is 0.0992. The van der Waals surface area contributed by atoms with Crippen molar-refractivity contribution in [3.63, 3.8) is 0 Å². The maximum Gasteiger partial charge on any atom is 0.242 e. The van der Waals surface area contributed by atoms with E-state index in [2.05, 4.69) is 15.4 Å². The number of benzene rings is 1. The molecule has 0 spiro atoms. The Morgan fingerprint density at radius 1 is 1.37 bits per heavy atom. The Kier molecular flexibility index (Phi) is 4.63. The third-order valence-electron chi connectivity index (χ3n) is 2.68. The largest absolute Gasteiger partial charge is 0.394 e. The van der Waals surface area contributed by atoms with Crippen molar-refractivity contribution in [3.8, 4) is 0 Å². The summed E-state index contributed by atoms with van der Waals surface area (Å²) in [5.74, 6) is -0.194. The van der Waals surface area contributed by atoms with Crippen LogP contribution < -0.4 is 5.32 Å². The first-order chi connectivity index (χ1) is 9.28. The average molecular weight is 260 g/mol. The van der Waals surface area contributed by atoms with E-state index in [9.17, 15) is 9.90 Å². The fourth-order valence-electron chi connectivity index (χ4n) is 1.79. The van der Waals surface area contributed by atoms with Gasteiger partial charge in [0.25, 0.3) is 0 Å². The zero-order chi connectivity index (χ0) is 13.5. The molecule has 1 amide bonds. The number of nitrogens with zero attached hydrogens (tertiary/aromatic N) is 3. The van der Waals surface area contributed by atoms with Gasteiger partial charge >= 0.3 is 0 Å². The molecule has 100 valence electrons. The molecule has 0 saturated carbocycles. The Morgan fingerprint density at radius 3 is 2.79 bits per heavy atom. The van der Waals surface area contributed by atoms with Crippen molar-refractivity contribution in [2.45, 2.75) is 19.0 Å². The fourth-order valence-corrected chi connectivity index (χ4v) is 1.79. The Balaban J connectivity index is 1.86. The molecule has 0 bridgehead atoms. The molecule has 1 aromatic heterocycles. The van der Waals surface area contributed by atoms with Crippen molar-refractivity contribution in [2.24, 2.45) is 0 Å². The molecule has 2 rings (SSSR count). The third-order valence-corrected chi connectivity index (χ3v) is 2.68. The molecule has 0 aliphatic carbocycles. The SMILES string of the molecule is O=C(Cn1cncn1)NC(CO)Cc1ccccc1. The Bertz CT molecular complexity index is 499. The van der Waals surface area contributed by atoms with Crippen LogP contribution in [0.3, 0.4) is 0 Å². The van der Waals surface area contributed by atoms with Crippen LogP contribution in [0.5, 0.6) is 0 Å². The predicted molar refractivity (Wildman–Crippen MR) is 69.2 cm³/mol. The Morgan fingerprint density at radius 2 is 2.16 bits per heavy atom. The van der Waals surface area contributed by atoms with Crippen molar-refractivity contribution in [1.29, 1.82) is 0 Å². The molecule has 0 fully saturated rings. The van der Waals surface area contributed by atoms with Crippen molar-refractivity contribution in [3.05, 3.63) is 48.5 Å². The van der Waals surface area contributed by atoms with Crippen LogP contribution in [0.2, 0.25) is 0 Å². The van der Waals surface area contributed by atoms with Crippen molar-refractivity contribution >= 4 is 5.91 Å². The normalized spacial score (nSPS) is 12.1. The van der Waals surface area contributed by atoms with E-state index >= 15 is 0 Å². The van der Waals surface area contributed by atoms with Crippen molar-refractivity contribution < 1.29 is 9.90 Å². The molecule has 1 heterocycles. The molecule has 6 heteroatoms. The van der Waals surface area contributed by atoms with E-state index in [1.807, 2.05) is 30.3 Å². The third kappa shape index (κ3) is 4.18. The topological polar surface area (TPSA) is 80.0 Å². The molecular formula is C13H16N4O2. The van der Waals surface area contributed by atoms with Gasteiger partial charge in [-0.1, -0.05) is 30.3 Å². The minimum atomic E-state index is -0.293. The summed E-state index contributed by atoms with van der Waals surface area (Å²) in [4.78, 5) is 15.5. The van der Waals surface area contributed by atoms with Gasteiger partial charge < -0.3 is 10.4 Å². The molecule has 6 nitrogen and oxygen atoms in total. The second kappa shape index (κ2) is 6.65. The number of aliphatic hydroxyl groups is 1. The van der Waals surface area contributed by atoms with Crippen LogP contribution in [-0.4, -0.2) is 38.4 Å².